The average Bonchev–Trinajstić information content (AvgIpc) is 2.94. The van der Waals surface area contributed by atoms with E-state index in [2.05, 4.69) is 32.3 Å². The van der Waals surface area contributed by atoms with Gasteiger partial charge < -0.3 is 9.73 Å². The minimum Gasteiger partial charge on any atom is -0.452 e. The van der Waals surface area contributed by atoms with Crippen molar-refractivity contribution < 1.29 is 4.42 Å². The second kappa shape index (κ2) is 4.50. The lowest BCUT2D eigenvalue weighted by molar-refractivity contribution is 0.495. The van der Waals surface area contributed by atoms with Crippen LogP contribution in [-0.2, 0) is 6.54 Å². The smallest absolute Gasteiger partial charge is 0.169 e. The van der Waals surface area contributed by atoms with E-state index in [-0.39, 0.29) is 0 Å². The highest BCUT2D eigenvalue weighted by atomic mass is 79.9. The molecule has 0 saturated heterocycles. The molecule has 3 nitrogen and oxygen atoms in total. The molecule has 3 rings (SSSR count). The number of hydrogen-bond donors (Lipinski definition) is 1. The maximum Gasteiger partial charge on any atom is 0.169 e. The number of fused-ring (bicyclic) bond motifs is 1. The van der Waals surface area contributed by atoms with Crippen LogP contribution in [0.15, 0.2) is 44.9 Å². The molecule has 1 aromatic carbocycles. The molecule has 0 saturated carbocycles. The highest BCUT2D eigenvalue weighted by Gasteiger charge is 2.01. The van der Waals surface area contributed by atoms with Crippen LogP contribution in [0.1, 0.15) is 5.76 Å². The van der Waals surface area contributed by atoms with Crippen LogP contribution in [0.3, 0.4) is 0 Å². The summed E-state index contributed by atoms with van der Waals surface area (Å²) in [5, 5.41) is 3.32. The third-order valence-corrected chi connectivity index (χ3v) is 3.64. The van der Waals surface area contributed by atoms with Crippen LogP contribution in [0.5, 0.6) is 0 Å². The Morgan fingerprint density at radius 3 is 3.06 bits per heavy atom. The molecule has 2 aromatic heterocycles. The van der Waals surface area contributed by atoms with Crippen molar-refractivity contribution in [1.82, 2.24) is 4.98 Å². The van der Waals surface area contributed by atoms with E-state index in [0.717, 1.165) is 21.6 Å². The molecule has 0 unspecified atom stereocenters. The van der Waals surface area contributed by atoms with Gasteiger partial charge in [-0.25, -0.2) is 4.98 Å². The van der Waals surface area contributed by atoms with Crippen LogP contribution >= 0.6 is 27.3 Å². The van der Waals surface area contributed by atoms with Gasteiger partial charge in [0.15, 0.2) is 4.67 Å². The van der Waals surface area contributed by atoms with Gasteiger partial charge in [-0.1, -0.05) is 0 Å². The van der Waals surface area contributed by atoms with Crippen LogP contribution in [0.25, 0.3) is 10.2 Å². The first-order chi connectivity index (χ1) is 8.31. The van der Waals surface area contributed by atoms with E-state index in [9.17, 15) is 0 Å². The third kappa shape index (κ3) is 2.35. The average molecular weight is 309 g/mol. The number of furan rings is 1. The summed E-state index contributed by atoms with van der Waals surface area (Å²) in [6, 6.07) is 9.99. The van der Waals surface area contributed by atoms with Gasteiger partial charge in [0.1, 0.15) is 5.76 Å². The maximum absolute atomic E-state index is 5.42. The summed E-state index contributed by atoms with van der Waals surface area (Å²) in [4.78, 5) is 4.25. The van der Waals surface area contributed by atoms with Gasteiger partial charge in [-0.2, -0.15) is 0 Å². The van der Waals surface area contributed by atoms with Gasteiger partial charge in [-0.3, -0.25) is 0 Å². The molecule has 0 aliphatic rings. The first kappa shape index (κ1) is 10.8. The fourth-order valence-corrected chi connectivity index (χ4v) is 2.66. The summed E-state index contributed by atoms with van der Waals surface area (Å²) < 4.78 is 7.37. The standard InChI is InChI=1S/C12H9BrN2OS/c13-12-4-2-9(16-12)6-14-8-1-3-10-11(5-8)17-7-15-10/h1-5,7,14H,6H2. The van der Waals surface area contributed by atoms with E-state index in [1.54, 1.807) is 11.3 Å². The fourth-order valence-electron chi connectivity index (χ4n) is 1.60. The number of benzene rings is 1. The highest BCUT2D eigenvalue weighted by molar-refractivity contribution is 9.10. The summed E-state index contributed by atoms with van der Waals surface area (Å²) in [6.07, 6.45) is 0. The molecule has 0 aliphatic carbocycles. The maximum atomic E-state index is 5.42. The van der Waals surface area contributed by atoms with Gasteiger partial charge in [0.05, 0.1) is 22.3 Å². The Morgan fingerprint density at radius 2 is 2.24 bits per heavy atom. The lowest BCUT2D eigenvalue weighted by Crippen LogP contribution is -1.97. The van der Waals surface area contributed by atoms with Gasteiger partial charge in [0.2, 0.25) is 0 Å². The summed E-state index contributed by atoms with van der Waals surface area (Å²) in [7, 11) is 0. The van der Waals surface area contributed by atoms with Crippen molar-refractivity contribution >= 4 is 43.2 Å². The molecule has 0 bridgehead atoms. The van der Waals surface area contributed by atoms with Crippen molar-refractivity contribution in [2.45, 2.75) is 6.54 Å². The molecule has 0 radical (unpaired) electrons. The fraction of sp³-hybridized carbons (Fsp3) is 0.0833. The molecule has 2 heterocycles. The van der Waals surface area contributed by atoms with Crippen molar-refractivity contribution in [3.8, 4) is 0 Å². The van der Waals surface area contributed by atoms with Crippen LogP contribution in [0.4, 0.5) is 5.69 Å². The minimum atomic E-state index is 0.676. The molecule has 5 heteroatoms. The normalized spacial score (nSPS) is 10.9. The first-order valence-electron chi connectivity index (χ1n) is 5.12. The molecule has 17 heavy (non-hydrogen) atoms. The van der Waals surface area contributed by atoms with E-state index in [0.29, 0.717) is 6.54 Å². The van der Waals surface area contributed by atoms with E-state index < -0.39 is 0 Å². The van der Waals surface area contributed by atoms with Crippen molar-refractivity contribution in [1.29, 1.82) is 0 Å². The molecular formula is C12H9BrN2OS. The first-order valence-corrected chi connectivity index (χ1v) is 6.80. The summed E-state index contributed by atoms with van der Waals surface area (Å²) >= 11 is 4.93. The van der Waals surface area contributed by atoms with E-state index >= 15 is 0 Å². The highest BCUT2D eigenvalue weighted by Crippen LogP contribution is 2.22. The Morgan fingerprint density at radius 1 is 1.29 bits per heavy atom. The Hall–Kier alpha value is -1.33. The Balaban J connectivity index is 1.76. The molecule has 1 N–H and O–H groups in total. The lowest BCUT2D eigenvalue weighted by Gasteiger charge is -2.03. The van der Waals surface area contributed by atoms with Crippen LogP contribution in [0.2, 0.25) is 0 Å². The third-order valence-electron chi connectivity index (χ3n) is 2.43. The number of halogens is 1. The molecule has 0 spiro atoms. The quantitative estimate of drug-likeness (QED) is 0.785. The molecule has 0 aliphatic heterocycles. The zero-order valence-corrected chi connectivity index (χ0v) is 11.2. The summed E-state index contributed by atoms with van der Waals surface area (Å²) in [6.45, 7) is 0.676. The molecule has 0 atom stereocenters. The van der Waals surface area contributed by atoms with Crippen molar-refractivity contribution in [2.75, 3.05) is 5.32 Å². The van der Waals surface area contributed by atoms with Crippen molar-refractivity contribution in [2.24, 2.45) is 0 Å². The van der Waals surface area contributed by atoms with E-state index in [4.69, 9.17) is 4.42 Å². The van der Waals surface area contributed by atoms with Crippen molar-refractivity contribution in [3.63, 3.8) is 0 Å². The number of anilines is 1. The number of nitrogens with one attached hydrogen (secondary N) is 1. The zero-order chi connectivity index (χ0) is 11.7. The molecule has 0 fully saturated rings. The second-order valence-corrected chi connectivity index (χ2v) is 5.26. The van der Waals surface area contributed by atoms with Crippen LogP contribution in [0, 0.1) is 0 Å². The second-order valence-electron chi connectivity index (χ2n) is 3.59. The van der Waals surface area contributed by atoms with Gasteiger partial charge in [-0.15, -0.1) is 11.3 Å². The van der Waals surface area contributed by atoms with E-state index in [1.165, 1.54) is 4.70 Å². The number of nitrogens with zero attached hydrogens (tertiary/aromatic N) is 1. The summed E-state index contributed by atoms with van der Waals surface area (Å²) in [5.74, 6) is 0.904. The number of thiazole rings is 1. The number of rotatable bonds is 3. The molecule has 0 amide bonds. The Bertz CT molecular complexity index is 647. The van der Waals surface area contributed by atoms with Gasteiger partial charge in [0, 0.05) is 5.69 Å². The SMILES string of the molecule is Brc1ccc(CNc2ccc3ncsc3c2)o1. The largest absolute Gasteiger partial charge is 0.452 e. The predicted molar refractivity (Wildman–Crippen MR) is 73.4 cm³/mol. The topological polar surface area (TPSA) is 38.1 Å². The van der Waals surface area contributed by atoms with Gasteiger partial charge in [0.25, 0.3) is 0 Å². The van der Waals surface area contributed by atoms with Gasteiger partial charge >= 0.3 is 0 Å². The van der Waals surface area contributed by atoms with Crippen LogP contribution in [-0.4, -0.2) is 4.98 Å². The predicted octanol–water partition coefficient (Wildman–Crippen LogP) is 4.26. The van der Waals surface area contributed by atoms with Crippen LogP contribution < -0.4 is 5.32 Å². The molecular weight excluding hydrogens is 300 g/mol. The molecule has 3 aromatic rings. The van der Waals surface area contributed by atoms with E-state index in [1.807, 2.05) is 29.8 Å². The summed E-state index contributed by atoms with van der Waals surface area (Å²) in [5.41, 5.74) is 3.98. The Labute approximate surface area is 111 Å². The lowest BCUT2D eigenvalue weighted by atomic mass is 10.3. The number of aromatic nitrogens is 1. The molecule has 86 valence electrons. The van der Waals surface area contributed by atoms with Crippen molar-refractivity contribution in [3.05, 3.63) is 46.3 Å². The minimum absolute atomic E-state index is 0.676. The Kier molecular flexibility index (Phi) is 2.86. The zero-order valence-electron chi connectivity index (χ0n) is 8.81. The monoisotopic (exact) mass is 308 g/mol. The van der Waals surface area contributed by atoms with Gasteiger partial charge in [-0.05, 0) is 46.3 Å². The number of hydrogen-bond acceptors (Lipinski definition) is 4.